The fourth-order valence-corrected chi connectivity index (χ4v) is 4.75. The van der Waals surface area contributed by atoms with Crippen molar-refractivity contribution < 1.29 is 26.8 Å². The van der Waals surface area contributed by atoms with Gasteiger partial charge in [-0.15, -0.1) is 0 Å². The summed E-state index contributed by atoms with van der Waals surface area (Å²) in [5.74, 6) is -2.60. The summed E-state index contributed by atoms with van der Waals surface area (Å²) in [5, 5.41) is 2.75. The first-order valence-electron chi connectivity index (χ1n) is 9.05. The van der Waals surface area contributed by atoms with Gasteiger partial charge in [-0.1, -0.05) is 0 Å². The van der Waals surface area contributed by atoms with E-state index in [-0.39, 0.29) is 37.6 Å². The van der Waals surface area contributed by atoms with Crippen molar-refractivity contribution in [3.63, 3.8) is 0 Å². The van der Waals surface area contributed by atoms with Crippen molar-refractivity contribution in [3.05, 3.63) is 59.7 Å². The zero-order chi connectivity index (χ0) is 21.2. The molecule has 1 amide bonds. The minimum atomic E-state index is -4.18. The maximum Gasteiger partial charge on any atom is 0.246 e. The lowest BCUT2D eigenvalue weighted by Gasteiger charge is -2.30. The average molecular weight is 422 g/mol. The number of halogens is 2. The lowest BCUT2D eigenvalue weighted by molar-refractivity contribution is -0.120. The fourth-order valence-electron chi connectivity index (χ4n) is 3.20. The maximum absolute atomic E-state index is 13.9. The quantitative estimate of drug-likeness (QED) is 0.750. The molecule has 0 bridgehead atoms. The zero-order valence-electron chi connectivity index (χ0n) is 15.7. The number of carbonyl (C=O) groups excluding carboxylic acids is 2. The normalized spacial score (nSPS) is 15.8. The van der Waals surface area contributed by atoms with Gasteiger partial charge in [0.15, 0.2) is 5.78 Å². The molecule has 1 aliphatic rings. The van der Waals surface area contributed by atoms with Crippen LogP contribution in [0.1, 0.15) is 30.1 Å². The van der Waals surface area contributed by atoms with Crippen LogP contribution in [0.4, 0.5) is 14.5 Å². The van der Waals surface area contributed by atoms with Crippen LogP contribution in [0.15, 0.2) is 47.4 Å². The van der Waals surface area contributed by atoms with Crippen molar-refractivity contribution in [2.24, 2.45) is 5.92 Å². The summed E-state index contributed by atoms with van der Waals surface area (Å²) in [5.41, 5.74) is 1.07. The van der Waals surface area contributed by atoms with Crippen molar-refractivity contribution >= 4 is 27.4 Å². The van der Waals surface area contributed by atoms with Crippen LogP contribution in [0, 0.1) is 17.6 Å². The number of Topliss-reactive ketones (excluding diaryl/α,β-unsaturated/α-hetero) is 1. The molecule has 0 aliphatic carbocycles. The van der Waals surface area contributed by atoms with Gasteiger partial charge < -0.3 is 5.32 Å². The number of nitrogens with one attached hydrogen (secondary N) is 1. The molecule has 2 aromatic rings. The Labute approximate surface area is 167 Å². The summed E-state index contributed by atoms with van der Waals surface area (Å²) in [4.78, 5) is 23.0. The summed E-state index contributed by atoms with van der Waals surface area (Å²) in [6.07, 6.45) is 0.515. The molecule has 0 aromatic heterocycles. The third-order valence-corrected chi connectivity index (χ3v) is 6.81. The van der Waals surface area contributed by atoms with Gasteiger partial charge in [0.1, 0.15) is 16.5 Å². The van der Waals surface area contributed by atoms with Crippen LogP contribution in [0.25, 0.3) is 0 Å². The van der Waals surface area contributed by atoms with E-state index in [0.717, 1.165) is 16.4 Å². The Hall–Kier alpha value is -2.65. The highest BCUT2D eigenvalue weighted by Crippen LogP contribution is 2.26. The first kappa shape index (κ1) is 21.1. The molecule has 2 aromatic carbocycles. The van der Waals surface area contributed by atoms with Crippen molar-refractivity contribution in [2.45, 2.75) is 24.7 Å². The van der Waals surface area contributed by atoms with Gasteiger partial charge in [0.2, 0.25) is 15.9 Å². The predicted molar refractivity (Wildman–Crippen MR) is 103 cm³/mol. The maximum atomic E-state index is 13.9. The number of hydrogen-bond acceptors (Lipinski definition) is 4. The second-order valence-corrected chi connectivity index (χ2v) is 8.78. The van der Waals surface area contributed by atoms with Crippen molar-refractivity contribution in [3.8, 4) is 0 Å². The summed E-state index contributed by atoms with van der Waals surface area (Å²) in [7, 11) is -4.18. The monoisotopic (exact) mass is 422 g/mol. The second kappa shape index (κ2) is 8.38. The Morgan fingerprint density at radius 1 is 1.03 bits per heavy atom. The van der Waals surface area contributed by atoms with Crippen LogP contribution in [0.2, 0.25) is 0 Å². The number of benzene rings is 2. The van der Waals surface area contributed by atoms with Crippen molar-refractivity contribution in [2.75, 3.05) is 18.4 Å². The van der Waals surface area contributed by atoms with E-state index >= 15 is 0 Å². The third-order valence-electron chi connectivity index (χ3n) is 4.89. The van der Waals surface area contributed by atoms with E-state index in [1.54, 1.807) is 24.3 Å². The molecule has 9 heteroatoms. The number of rotatable bonds is 5. The topological polar surface area (TPSA) is 83.6 Å². The lowest BCUT2D eigenvalue weighted by atomic mass is 9.97. The largest absolute Gasteiger partial charge is 0.326 e. The number of piperidine rings is 1. The van der Waals surface area contributed by atoms with Crippen molar-refractivity contribution in [1.82, 2.24) is 4.31 Å². The fraction of sp³-hybridized carbons (Fsp3) is 0.300. The molecule has 0 saturated carbocycles. The molecule has 1 N–H and O–H groups in total. The van der Waals surface area contributed by atoms with Crippen LogP contribution in [-0.4, -0.2) is 37.5 Å². The average Bonchev–Trinajstić information content (AvgIpc) is 2.70. The summed E-state index contributed by atoms with van der Waals surface area (Å²) < 4.78 is 53.5. The van der Waals surface area contributed by atoms with E-state index in [0.29, 0.717) is 17.3 Å². The molecular formula is C20H20F2N2O4S. The van der Waals surface area contributed by atoms with Gasteiger partial charge in [-0.2, -0.15) is 4.31 Å². The number of anilines is 1. The zero-order valence-corrected chi connectivity index (χ0v) is 16.5. The van der Waals surface area contributed by atoms with Gasteiger partial charge in [0, 0.05) is 30.3 Å². The predicted octanol–water partition coefficient (Wildman–Crippen LogP) is 3.21. The summed E-state index contributed by atoms with van der Waals surface area (Å²) >= 11 is 0. The molecule has 0 atom stereocenters. The van der Waals surface area contributed by atoms with Crippen LogP contribution >= 0.6 is 0 Å². The van der Waals surface area contributed by atoms with Gasteiger partial charge in [-0.25, -0.2) is 17.2 Å². The molecule has 6 nitrogen and oxygen atoms in total. The first-order chi connectivity index (χ1) is 13.7. The summed E-state index contributed by atoms with van der Waals surface area (Å²) in [6.45, 7) is 1.50. The lowest BCUT2D eigenvalue weighted by Crippen LogP contribution is -2.41. The highest BCUT2D eigenvalue weighted by Gasteiger charge is 2.33. The van der Waals surface area contributed by atoms with Gasteiger partial charge in [0.05, 0.1) is 0 Å². The number of amides is 1. The first-order valence-corrected chi connectivity index (χ1v) is 10.5. The minimum Gasteiger partial charge on any atom is -0.326 e. The number of nitrogens with zero attached hydrogens (tertiary/aromatic N) is 1. The van der Waals surface area contributed by atoms with E-state index in [4.69, 9.17) is 0 Å². The van der Waals surface area contributed by atoms with Gasteiger partial charge in [-0.05, 0) is 62.2 Å². The second-order valence-electron chi connectivity index (χ2n) is 6.88. The standard InChI is InChI=1S/C20H20F2N2O4S/c1-13(25)14-2-5-17(6-3-14)23-20(26)15-8-10-24(11-9-15)29(27,28)19-12-16(21)4-7-18(19)22/h2-7,12,15H,8-11H2,1H3,(H,23,26). The molecular weight excluding hydrogens is 402 g/mol. The van der Waals surface area contributed by atoms with Crippen LogP contribution in [0.5, 0.6) is 0 Å². The minimum absolute atomic E-state index is 0.0274. The number of hydrogen-bond donors (Lipinski definition) is 1. The highest BCUT2D eigenvalue weighted by molar-refractivity contribution is 7.89. The Balaban J connectivity index is 1.63. The molecule has 0 radical (unpaired) electrons. The summed E-state index contributed by atoms with van der Waals surface area (Å²) in [6, 6.07) is 8.77. The molecule has 154 valence electrons. The smallest absolute Gasteiger partial charge is 0.246 e. The molecule has 1 aliphatic heterocycles. The Morgan fingerprint density at radius 2 is 1.66 bits per heavy atom. The molecule has 3 rings (SSSR count). The third kappa shape index (κ3) is 4.68. The molecule has 1 heterocycles. The van der Waals surface area contributed by atoms with Crippen molar-refractivity contribution in [1.29, 1.82) is 0 Å². The van der Waals surface area contributed by atoms with Crippen LogP contribution in [-0.2, 0) is 14.8 Å². The van der Waals surface area contributed by atoms with Gasteiger partial charge >= 0.3 is 0 Å². The Bertz CT molecular complexity index is 1030. The SMILES string of the molecule is CC(=O)c1ccc(NC(=O)C2CCN(S(=O)(=O)c3cc(F)ccc3F)CC2)cc1. The van der Waals surface area contributed by atoms with E-state index in [1.807, 2.05) is 0 Å². The van der Waals surface area contributed by atoms with E-state index in [2.05, 4.69) is 5.32 Å². The highest BCUT2D eigenvalue weighted by atomic mass is 32.2. The van der Waals surface area contributed by atoms with Crippen LogP contribution < -0.4 is 5.32 Å². The number of sulfonamides is 1. The molecule has 29 heavy (non-hydrogen) atoms. The van der Waals surface area contributed by atoms with E-state index < -0.39 is 32.5 Å². The van der Waals surface area contributed by atoms with E-state index in [9.17, 15) is 26.8 Å². The van der Waals surface area contributed by atoms with E-state index in [1.165, 1.54) is 6.92 Å². The molecule has 1 saturated heterocycles. The Morgan fingerprint density at radius 3 is 2.24 bits per heavy atom. The molecule has 0 unspecified atom stereocenters. The number of ketones is 1. The van der Waals surface area contributed by atoms with Gasteiger partial charge in [0.25, 0.3) is 0 Å². The van der Waals surface area contributed by atoms with Gasteiger partial charge in [-0.3, -0.25) is 9.59 Å². The Kier molecular flexibility index (Phi) is 6.09. The molecule has 1 fully saturated rings. The van der Waals surface area contributed by atoms with Crippen LogP contribution in [0.3, 0.4) is 0 Å². The molecule has 0 spiro atoms. The number of carbonyl (C=O) groups is 2.